The standard InChI is InChI=1S/C20H17N3O5/c1-27-14-9-7-13(8-10-14)23-18(24)15-16(19(23)25)21-22-17(15)20(26)28-11-12-5-3-2-4-6-12/h2-10,16,21-22H,11H2,1H3. The summed E-state index contributed by atoms with van der Waals surface area (Å²) in [5.41, 5.74) is 6.53. The highest BCUT2D eigenvalue weighted by molar-refractivity contribution is 6.32. The minimum Gasteiger partial charge on any atom is -0.497 e. The molecule has 142 valence electrons. The molecular weight excluding hydrogens is 362 g/mol. The monoisotopic (exact) mass is 379 g/mol. The van der Waals surface area contributed by atoms with E-state index in [0.717, 1.165) is 10.5 Å². The van der Waals surface area contributed by atoms with Crippen LogP contribution in [0.2, 0.25) is 0 Å². The van der Waals surface area contributed by atoms with E-state index in [0.29, 0.717) is 11.4 Å². The number of amides is 2. The van der Waals surface area contributed by atoms with Crippen LogP contribution >= 0.6 is 0 Å². The number of nitrogens with zero attached hydrogens (tertiary/aromatic N) is 1. The molecule has 0 saturated carbocycles. The fourth-order valence-corrected chi connectivity index (χ4v) is 3.13. The molecule has 2 amide bonds. The lowest BCUT2D eigenvalue weighted by atomic mass is 10.1. The summed E-state index contributed by atoms with van der Waals surface area (Å²) in [6.45, 7) is 0.0626. The molecule has 2 aliphatic rings. The molecule has 2 aliphatic heterocycles. The van der Waals surface area contributed by atoms with Crippen LogP contribution in [0.4, 0.5) is 5.69 Å². The van der Waals surface area contributed by atoms with Gasteiger partial charge >= 0.3 is 5.97 Å². The number of hydrazine groups is 1. The summed E-state index contributed by atoms with van der Waals surface area (Å²) in [6.07, 6.45) is 0. The van der Waals surface area contributed by atoms with Gasteiger partial charge in [-0.05, 0) is 29.8 Å². The number of benzene rings is 2. The smallest absolute Gasteiger partial charge is 0.356 e. The van der Waals surface area contributed by atoms with Gasteiger partial charge in [-0.15, -0.1) is 0 Å². The molecule has 1 unspecified atom stereocenters. The Morgan fingerprint density at radius 3 is 2.46 bits per heavy atom. The van der Waals surface area contributed by atoms with E-state index in [-0.39, 0.29) is 17.9 Å². The van der Waals surface area contributed by atoms with Crippen LogP contribution in [0.3, 0.4) is 0 Å². The second-order valence-electron chi connectivity index (χ2n) is 6.23. The van der Waals surface area contributed by atoms with Crippen molar-refractivity contribution in [1.82, 2.24) is 10.9 Å². The summed E-state index contributed by atoms with van der Waals surface area (Å²) in [7, 11) is 1.53. The van der Waals surface area contributed by atoms with Crippen LogP contribution in [0.25, 0.3) is 0 Å². The third kappa shape index (κ3) is 2.99. The molecule has 2 N–H and O–H groups in total. The molecule has 0 aromatic heterocycles. The van der Waals surface area contributed by atoms with Gasteiger partial charge in [0.15, 0.2) is 0 Å². The molecule has 2 heterocycles. The predicted molar refractivity (Wildman–Crippen MR) is 98.8 cm³/mol. The molecule has 0 bridgehead atoms. The number of imide groups is 1. The molecule has 0 spiro atoms. The number of nitrogens with one attached hydrogen (secondary N) is 2. The van der Waals surface area contributed by atoms with E-state index in [1.807, 2.05) is 30.3 Å². The van der Waals surface area contributed by atoms with Crippen LogP contribution in [0.1, 0.15) is 5.56 Å². The van der Waals surface area contributed by atoms with Gasteiger partial charge in [0.2, 0.25) is 0 Å². The Morgan fingerprint density at radius 1 is 1.07 bits per heavy atom. The minimum absolute atomic E-state index is 0.0460. The number of esters is 1. The van der Waals surface area contributed by atoms with Gasteiger partial charge in [-0.2, -0.15) is 0 Å². The number of ether oxygens (including phenoxy) is 2. The lowest BCUT2D eigenvalue weighted by Gasteiger charge is -2.16. The molecule has 8 nitrogen and oxygen atoms in total. The molecule has 8 heteroatoms. The number of rotatable bonds is 5. The summed E-state index contributed by atoms with van der Waals surface area (Å²) in [5.74, 6) is -1.13. The Kier molecular flexibility index (Phi) is 4.54. The second kappa shape index (κ2) is 7.16. The Labute approximate surface area is 160 Å². The van der Waals surface area contributed by atoms with Crippen LogP contribution in [0.15, 0.2) is 65.9 Å². The first-order valence-corrected chi connectivity index (χ1v) is 8.59. The summed E-state index contributed by atoms with van der Waals surface area (Å²) in [5, 5.41) is 0. The molecule has 0 aliphatic carbocycles. The van der Waals surface area contributed by atoms with E-state index in [4.69, 9.17) is 9.47 Å². The predicted octanol–water partition coefficient (Wildman–Crippen LogP) is 1.04. The maximum Gasteiger partial charge on any atom is 0.356 e. The summed E-state index contributed by atoms with van der Waals surface area (Å²) in [6, 6.07) is 14.8. The van der Waals surface area contributed by atoms with Crippen molar-refractivity contribution < 1.29 is 23.9 Å². The summed E-state index contributed by atoms with van der Waals surface area (Å²) >= 11 is 0. The van der Waals surface area contributed by atoms with Crippen molar-refractivity contribution in [2.75, 3.05) is 12.0 Å². The van der Waals surface area contributed by atoms with E-state index in [1.165, 1.54) is 7.11 Å². The Hall–Kier alpha value is -3.65. The van der Waals surface area contributed by atoms with Crippen molar-refractivity contribution in [2.45, 2.75) is 12.6 Å². The fourth-order valence-electron chi connectivity index (χ4n) is 3.13. The average molecular weight is 379 g/mol. The van der Waals surface area contributed by atoms with Gasteiger partial charge in [0.25, 0.3) is 11.8 Å². The summed E-state index contributed by atoms with van der Waals surface area (Å²) < 4.78 is 10.4. The van der Waals surface area contributed by atoms with E-state index in [1.54, 1.807) is 24.3 Å². The van der Waals surface area contributed by atoms with E-state index in [2.05, 4.69) is 10.9 Å². The molecule has 1 saturated heterocycles. The van der Waals surface area contributed by atoms with Crippen LogP contribution < -0.4 is 20.5 Å². The SMILES string of the molecule is COc1ccc(N2C(=O)C3=C(C(=O)OCc4ccccc4)NNC3C2=O)cc1. The van der Waals surface area contributed by atoms with Crippen molar-refractivity contribution in [3.63, 3.8) is 0 Å². The van der Waals surface area contributed by atoms with Crippen molar-refractivity contribution in [2.24, 2.45) is 0 Å². The number of carbonyl (C=O) groups excluding carboxylic acids is 3. The zero-order valence-corrected chi connectivity index (χ0v) is 15.0. The van der Waals surface area contributed by atoms with Gasteiger partial charge in [0.05, 0.1) is 18.4 Å². The second-order valence-corrected chi connectivity index (χ2v) is 6.23. The van der Waals surface area contributed by atoms with Gasteiger partial charge in [0.1, 0.15) is 24.1 Å². The van der Waals surface area contributed by atoms with Crippen LogP contribution in [0, 0.1) is 0 Å². The van der Waals surface area contributed by atoms with E-state index >= 15 is 0 Å². The van der Waals surface area contributed by atoms with Crippen molar-refractivity contribution in [3.05, 3.63) is 71.4 Å². The molecular formula is C20H17N3O5. The Morgan fingerprint density at radius 2 is 1.79 bits per heavy atom. The number of hydrogen-bond donors (Lipinski definition) is 2. The highest BCUT2D eigenvalue weighted by atomic mass is 16.5. The first kappa shape index (κ1) is 17.7. The number of carbonyl (C=O) groups is 3. The lowest BCUT2D eigenvalue weighted by Crippen LogP contribution is -2.42. The molecule has 1 fully saturated rings. The largest absolute Gasteiger partial charge is 0.497 e. The maximum absolute atomic E-state index is 12.9. The molecule has 0 radical (unpaired) electrons. The quantitative estimate of drug-likeness (QED) is 0.592. The molecule has 1 atom stereocenters. The zero-order chi connectivity index (χ0) is 19.7. The number of anilines is 1. The average Bonchev–Trinajstić information content (AvgIpc) is 3.27. The first-order valence-electron chi connectivity index (χ1n) is 8.59. The van der Waals surface area contributed by atoms with Crippen molar-refractivity contribution in [1.29, 1.82) is 0 Å². The first-order chi connectivity index (χ1) is 13.6. The fraction of sp³-hybridized carbons (Fsp3) is 0.150. The summed E-state index contributed by atoms with van der Waals surface area (Å²) in [4.78, 5) is 39.1. The molecule has 2 aromatic carbocycles. The molecule has 4 rings (SSSR count). The van der Waals surface area contributed by atoms with Crippen molar-refractivity contribution in [3.8, 4) is 5.75 Å². The topological polar surface area (TPSA) is 97.0 Å². The molecule has 28 heavy (non-hydrogen) atoms. The maximum atomic E-state index is 12.9. The van der Waals surface area contributed by atoms with Gasteiger partial charge in [-0.25, -0.2) is 15.1 Å². The van der Waals surface area contributed by atoms with Gasteiger partial charge in [0, 0.05) is 0 Å². The number of methoxy groups -OCH3 is 1. The number of fused-ring (bicyclic) bond motifs is 1. The third-order valence-electron chi connectivity index (χ3n) is 4.55. The number of hydrogen-bond acceptors (Lipinski definition) is 7. The minimum atomic E-state index is -0.936. The van der Waals surface area contributed by atoms with E-state index in [9.17, 15) is 14.4 Å². The van der Waals surface area contributed by atoms with Crippen molar-refractivity contribution >= 4 is 23.5 Å². The highest BCUT2D eigenvalue weighted by Crippen LogP contribution is 2.31. The van der Waals surface area contributed by atoms with Gasteiger partial charge in [-0.1, -0.05) is 30.3 Å². The van der Waals surface area contributed by atoms with Crippen LogP contribution in [-0.2, 0) is 25.7 Å². The highest BCUT2D eigenvalue weighted by Gasteiger charge is 2.50. The van der Waals surface area contributed by atoms with E-state index < -0.39 is 23.8 Å². The zero-order valence-electron chi connectivity index (χ0n) is 15.0. The van der Waals surface area contributed by atoms with Gasteiger partial charge < -0.3 is 14.9 Å². The molecule has 2 aromatic rings. The van der Waals surface area contributed by atoms with Gasteiger partial charge in [-0.3, -0.25) is 9.59 Å². The Bertz CT molecular complexity index is 969. The Balaban J connectivity index is 1.56. The van der Waals surface area contributed by atoms with Crippen LogP contribution in [-0.4, -0.2) is 30.9 Å². The lowest BCUT2D eigenvalue weighted by molar-refractivity contribution is -0.141. The van der Waals surface area contributed by atoms with Crippen LogP contribution in [0.5, 0.6) is 5.75 Å². The normalized spacial score (nSPS) is 18.2. The third-order valence-corrected chi connectivity index (χ3v) is 4.55.